The molecule has 1 aromatic carbocycles. The van der Waals surface area contributed by atoms with Gasteiger partial charge >= 0.3 is 0 Å². The number of nitrogens with one attached hydrogen (secondary N) is 2. The third-order valence-corrected chi connectivity index (χ3v) is 5.55. The zero-order valence-electron chi connectivity index (χ0n) is 18.8. The number of amides is 2. The highest BCUT2D eigenvalue weighted by Gasteiger charge is 2.27. The summed E-state index contributed by atoms with van der Waals surface area (Å²) in [6.45, 7) is 7.85. The van der Waals surface area contributed by atoms with Gasteiger partial charge in [0.15, 0.2) is 5.82 Å². The summed E-state index contributed by atoms with van der Waals surface area (Å²) in [5.74, 6) is 0.482. The summed E-state index contributed by atoms with van der Waals surface area (Å²) < 4.78 is 0. The Labute approximate surface area is 184 Å². The Hall–Kier alpha value is -3.00. The van der Waals surface area contributed by atoms with E-state index in [1.54, 1.807) is 6.20 Å². The molecule has 8 nitrogen and oxygen atoms in total. The number of anilines is 2. The Morgan fingerprint density at radius 2 is 1.94 bits per heavy atom. The van der Waals surface area contributed by atoms with Crippen molar-refractivity contribution in [2.45, 2.75) is 39.7 Å². The zero-order chi connectivity index (χ0) is 22.4. The molecule has 2 heterocycles. The Bertz CT molecular complexity index is 895. The lowest BCUT2D eigenvalue weighted by Crippen LogP contribution is -2.44. The predicted molar refractivity (Wildman–Crippen MR) is 122 cm³/mol. The zero-order valence-corrected chi connectivity index (χ0v) is 18.8. The van der Waals surface area contributed by atoms with Crippen LogP contribution >= 0.6 is 0 Å². The van der Waals surface area contributed by atoms with Crippen molar-refractivity contribution in [2.24, 2.45) is 0 Å². The van der Waals surface area contributed by atoms with Gasteiger partial charge in [-0.05, 0) is 63.9 Å². The number of carbonyl (C=O) groups excluding carboxylic acids is 2. The van der Waals surface area contributed by atoms with Crippen LogP contribution in [0.1, 0.15) is 29.5 Å². The second kappa shape index (κ2) is 10.3. The molecule has 2 N–H and O–H groups in total. The SMILES string of the molecule is Cc1cc(C)c(NC(=O)CNC(=O)CN(C)CC2CCCN2c2cccnn2)c(C)c1. The molecule has 31 heavy (non-hydrogen) atoms. The lowest BCUT2D eigenvalue weighted by Gasteiger charge is -2.28. The van der Waals surface area contributed by atoms with Crippen molar-refractivity contribution in [3.05, 3.63) is 47.2 Å². The van der Waals surface area contributed by atoms with Gasteiger partial charge in [-0.1, -0.05) is 17.7 Å². The van der Waals surface area contributed by atoms with Crippen LogP contribution in [0, 0.1) is 20.8 Å². The molecule has 1 aliphatic heterocycles. The summed E-state index contributed by atoms with van der Waals surface area (Å²) in [5, 5.41) is 13.8. The first kappa shape index (κ1) is 22.7. The van der Waals surface area contributed by atoms with Gasteiger partial charge in [-0.2, -0.15) is 5.10 Å². The van der Waals surface area contributed by atoms with Gasteiger partial charge in [-0.15, -0.1) is 5.10 Å². The average Bonchev–Trinajstić information content (AvgIpc) is 3.17. The summed E-state index contributed by atoms with van der Waals surface area (Å²) in [6.07, 6.45) is 3.82. The van der Waals surface area contributed by atoms with Crippen LogP contribution in [0.5, 0.6) is 0 Å². The molecule has 0 radical (unpaired) electrons. The number of aryl methyl sites for hydroxylation is 3. The standard InChI is InChI=1S/C23H32N6O2/c1-16-11-17(2)23(18(3)12-16)26-21(30)13-24-22(31)15-28(4)14-19-7-6-10-29(19)20-8-5-9-25-27-20/h5,8-9,11-12,19H,6-7,10,13-15H2,1-4H3,(H,24,31)(H,26,30). The van der Waals surface area contributed by atoms with E-state index in [0.717, 1.165) is 54.1 Å². The summed E-state index contributed by atoms with van der Waals surface area (Å²) in [5.41, 5.74) is 4.00. The quantitative estimate of drug-likeness (QED) is 0.674. The molecule has 1 fully saturated rings. The molecule has 0 spiro atoms. The minimum atomic E-state index is -0.226. The third kappa shape index (κ3) is 6.24. The van der Waals surface area contributed by atoms with Crippen LogP contribution < -0.4 is 15.5 Å². The predicted octanol–water partition coefficient (Wildman–Crippen LogP) is 2.06. The Kier molecular flexibility index (Phi) is 7.57. The number of hydrogen-bond acceptors (Lipinski definition) is 6. The van der Waals surface area contributed by atoms with E-state index in [4.69, 9.17) is 0 Å². The molecule has 1 aliphatic rings. The Morgan fingerprint density at radius 3 is 2.61 bits per heavy atom. The number of aromatic nitrogens is 2. The minimum absolute atomic E-state index is 0.0470. The van der Waals surface area contributed by atoms with E-state index in [1.165, 1.54) is 0 Å². The van der Waals surface area contributed by atoms with Gasteiger partial charge in [0.25, 0.3) is 0 Å². The molecule has 0 aliphatic carbocycles. The molecule has 0 bridgehead atoms. The number of hydrogen-bond donors (Lipinski definition) is 2. The normalized spacial score (nSPS) is 15.9. The van der Waals surface area contributed by atoms with Gasteiger partial charge in [0.1, 0.15) is 0 Å². The maximum atomic E-state index is 12.3. The minimum Gasteiger partial charge on any atom is -0.351 e. The van der Waals surface area contributed by atoms with Crippen LogP contribution in [-0.2, 0) is 9.59 Å². The molecular formula is C23H32N6O2. The number of rotatable bonds is 8. The van der Waals surface area contributed by atoms with E-state index < -0.39 is 0 Å². The highest BCUT2D eigenvalue weighted by Crippen LogP contribution is 2.23. The topological polar surface area (TPSA) is 90.5 Å². The first-order chi connectivity index (χ1) is 14.8. The number of nitrogens with zero attached hydrogens (tertiary/aromatic N) is 4. The second-order valence-corrected chi connectivity index (χ2v) is 8.37. The summed E-state index contributed by atoms with van der Waals surface area (Å²) in [4.78, 5) is 28.9. The van der Waals surface area contributed by atoms with Gasteiger partial charge in [0.05, 0.1) is 13.1 Å². The Balaban J connectivity index is 1.44. The van der Waals surface area contributed by atoms with E-state index >= 15 is 0 Å². The van der Waals surface area contributed by atoms with Crippen LogP contribution in [0.15, 0.2) is 30.5 Å². The van der Waals surface area contributed by atoms with Crippen LogP contribution in [0.4, 0.5) is 11.5 Å². The molecule has 1 saturated heterocycles. The van der Waals surface area contributed by atoms with Crippen molar-refractivity contribution in [3.8, 4) is 0 Å². The molecular weight excluding hydrogens is 392 g/mol. The molecule has 166 valence electrons. The molecule has 8 heteroatoms. The number of benzene rings is 1. The van der Waals surface area contributed by atoms with Gasteiger partial charge in [0, 0.05) is 31.0 Å². The van der Waals surface area contributed by atoms with Gasteiger partial charge < -0.3 is 15.5 Å². The van der Waals surface area contributed by atoms with Crippen LogP contribution in [0.25, 0.3) is 0 Å². The van der Waals surface area contributed by atoms with Crippen molar-refractivity contribution >= 4 is 23.3 Å². The maximum Gasteiger partial charge on any atom is 0.243 e. The third-order valence-electron chi connectivity index (χ3n) is 5.55. The lowest BCUT2D eigenvalue weighted by atomic mass is 10.1. The van der Waals surface area contributed by atoms with Crippen molar-refractivity contribution in [3.63, 3.8) is 0 Å². The van der Waals surface area contributed by atoms with Crippen molar-refractivity contribution in [1.82, 2.24) is 20.4 Å². The fourth-order valence-electron chi connectivity index (χ4n) is 4.24. The van der Waals surface area contributed by atoms with Crippen LogP contribution in [-0.4, -0.2) is 66.2 Å². The van der Waals surface area contributed by atoms with E-state index in [1.807, 2.05) is 57.0 Å². The fourth-order valence-corrected chi connectivity index (χ4v) is 4.24. The molecule has 1 aromatic heterocycles. The van der Waals surface area contributed by atoms with Gasteiger partial charge in [-0.25, -0.2) is 0 Å². The highest BCUT2D eigenvalue weighted by atomic mass is 16.2. The first-order valence-electron chi connectivity index (χ1n) is 10.7. The lowest BCUT2D eigenvalue weighted by molar-refractivity contribution is -0.124. The molecule has 1 atom stereocenters. The molecule has 0 saturated carbocycles. The smallest absolute Gasteiger partial charge is 0.243 e. The van der Waals surface area contributed by atoms with E-state index in [0.29, 0.717) is 6.04 Å². The second-order valence-electron chi connectivity index (χ2n) is 8.37. The van der Waals surface area contributed by atoms with Crippen LogP contribution in [0.3, 0.4) is 0 Å². The highest BCUT2D eigenvalue weighted by molar-refractivity contribution is 5.96. The number of likely N-dealkylation sites (N-methyl/N-ethyl adjacent to an activating group) is 1. The van der Waals surface area contributed by atoms with Gasteiger partial charge in [-0.3, -0.25) is 14.5 Å². The van der Waals surface area contributed by atoms with Crippen molar-refractivity contribution in [1.29, 1.82) is 0 Å². The number of carbonyl (C=O) groups is 2. The molecule has 2 amide bonds. The molecule has 2 aromatic rings. The summed E-state index contributed by atoms with van der Waals surface area (Å²) in [6, 6.07) is 8.21. The maximum absolute atomic E-state index is 12.3. The van der Waals surface area contributed by atoms with E-state index in [2.05, 4.69) is 25.7 Å². The fraction of sp³-hybridized carbons (Fsp3) is 0.478. The molecule has 3 rings (SSSR count). The van der Waals surface area contributed by atoms with Crippen LogP contribution in [0.2, 0.25) is 0 Å². The van der Waals surface area contributed by atoms with Crippen molar-refractivity contribution < 1.29 is 9.59 Å². The average molecular weight is 425 g/mol. The van der Waals surface area contributed by atoms with E-state index in [9.17, 15) is 9.59 Å². The summed E-state index contributed by atoms with van der Waals surface area (Å²) in [7, 11) is 1.92. The van der Waals surface area contributed by atoms with E-state index in [-0.39, 0.29) is 24.9 Å². The van der Waals surface area contributed by atoms with Crippen molar-refractivity contribution in [2.75, 3.05) is 43.4 Å². The molecule has 1 unspecified atom stereocenters. The van der Waals surface area contributed by atoms with Gasteiger partial charge in [0.2, 0.25) is 11.8 Å². The summed E-state index contributed by atoms with van der Waals surface area (Å²) >= 11 is 0. The Morgan fingerprint density at radius 1 is 1.19 bits per heavy atom. The monoisotopic (exact) mass is 424 g/mol. The first-order valence-corrected chi connectivity index (χ1v) is 10.7. The largest absolute Gasteiger partial charge is 0.351 e.